The van der Waals surface area contributed by atoms with E-state index < -0.39 is 0 Å². The molecule has 3 N–H and O–H groups in total. The highest BCUT2D eigenvalue weighted by Gasteiger charge is 1.99. The van der Waals surface area contributed by atoms with Gasteiger partial charge in [0.1, 0.15) is 5.75 Å². The lowest BCUT2D eigenvalue weighted by atomic mass is 10.2. The van der Waals surface area contributed by atoms with Crippen molar-refractivity contribution in [2.75, 3.05) is 33.4 Å². The standard InChI is InChI=1S/C13H22N2O2.2ClH/c1-17-13-6-3-2-5-12(13)11-15-8-4-7-14-9-10-16;;/h2-3,5-6,14-16H,4,7-11H2,1H3;2*1H. The van der Waals surface area contributed by atoms with Gasteiger partial charge in [0.05, 0.1) is 13.7 Å². The normalized spacial score (nSPS) is 9.37. The van der Waals surface area contributed by atoms with Crippen LogP contribution in [0.25, 0.3) is 0 Å². The van der Waals surface area contributed by atoms with Gasteiger partial charge >= 0.3 is 0 Å². The molecule has 6 heteroatoms. The minimum atomic E-state index is 0. The minimum Gasteiger partial charge on any atom is -0.496 e. The summed E-state index contributed by atoms with van der Waals surface area (Å²) >= 11 is 0. The van der Waals surface area contributed by atoms with Crippen LogP contribution in [0.3, 0.4) is 0 Å². The Balaban J connectivity index is 0. The summed E-state index contributed by atoms with van der Waals surface area (Å²) in [5, 5.41) is 15.1. The number of para-hydroxylation sites is 1. The van der Waals surface area contributed by atoms with Crippen molar-refractivity contribution in [2.24, 2.45) is 0 Å². The molecule has 0 saturated heterocycles. The number of ether oxygens (including phenoxy) is 1. The third kappa shape index (κ3) is 9.08. The van der Waals surface area contributed by atoms with Gasteiger partial charge in [-0.2, -0.15) is 0 Å². The molecule has 0 fully saturated rings. The van der Waals surface area contributed by atoms with Gasteiger partial charge in [-0.1, -0.05) is 18.2 Å². The number of methoxy groups -OCH3 is 1. The number of rotatable bonds is 9. The number of hydrogen-bond donors (Lipinski definition) is 3. The van der Waals surface area contributed by atoms with Gasteiger partial charge in [-0.15, -0.1) is 24.8 Å². The lowest BCUT2D eigenvalue weighted by Crippen LogP contribution is -2.23. The summed E-state index contributed by atoms with van der Waals surface area (Å²) in [6, 6.07) is 8.03. The zero-order valence-corrected chi connectivity index (χ0v) is 12.9. The zero-order valence-electron chi connectivity index (χ0n) is 11.2. The van der Waals surface area contributed by atoms with Crippen LogP contribution in [0, 0.1) is 0 Å². The van der Waals surface area contributed by atoms with Gasteiger partial charge in [0.2, 0.25) is 0 Å². The van der Waals surface area contributed by atoms with E-state index in [-0.39, 0.29) is 31.4 Å². The lowest BCUT2D eigenvalue weighted by Gasteiger charge is -2.09. The molecule has 1 aromatic carbocycles. The van der Waals surface area contributed by atoms with Crippen LogP contribution < -0.4 is 15.4 Å². The summed E-state index contributed by atoms with van der Waals surface area (Å²) in [5.74, 6) is 0.929. The fourth-order valence-corrected chi connectivity index (χ4v) is 1.61. The van der Waals surface area contributed by atoms with Crippen molar-refractivity contribution in [3.8, 4) is 5.75 Å². The average molecular weight is 311 g/mol. The van der Waals surface area contributed by atoms with Crippen molar-refractivity contribution in [1.82, 2.24) is 10.6 Å². The summed E-state index contributed by atoms with van der Waals surface area (Å²) in [5.41, 5.74) is 1.18. The van der Waals surface area contributed by atoms with Crippen LogP contribution in [0.15, 0.2) is 24.3 Å². The second kappa shape index (κ2) is 13.9. The van der Waals surface area contributed by atoms with Crippen molar-refractivity contribution < 1.29 is 9.84 Å². The van der Waals surface area contributed by atoms with E-state index in [2.05, 4.69) is 16.7 Å². The van der Waals surface area contributed by atoms with Crippen LogP contribution in [0.1, 0.15) is 12.0 Å². The predicted molar refractivity (Wildman–Crippen MR) is 83.8 cm³/mol. The van der Waals surface area contributed by atoms with Gasteiger partial charge < -0.3 is 20.5 Å². The van der Waals surface area contributed by atoms with E-state index in [0.717, 1.165) is 31.8 Å². The van der Waals surface area contributed by atoms with Crippen molar-refractivity contribution in [3.63, 3.8) is 0 Å². The molecule has 1 aromatic rings. The first-order valence-electron chi connectivity index (χ1n) is 6.02. The highest BCUT2D eigenvalue weighted by molar-refractivity contribution is 5.85. The van der Waals surface area contributed by atoms with Crippen molar-refractivity contribution in [1.29, 1.82) is 0 Å². The molecule has 0 amide bonds. The first-order chi connectivity index (χ1) is 8.38. The largest absolute Gasteiger partial charge is 0.496 e. The Labute approximate surface area is 127 Å². The van der Waals surface area contributed by atoms with Crippen LogP contribution in [-0.4, -0.2) is 38.5 Å². The summed E-state index contributed by atoms with van der Waals surface area (Å²) in [7, 11) is 1.69. The number of nitrogens with one attached hydrogen (secondary N) is 2. The highest BCUT2D eigenvalue weighted by atomic mass is 35.5. The Morgan fingerprint density at radius 1 is 1.05 bits per heavy atom. The van der Waals surface area contributed by atoms with Crippen LogP contribution in [0.5, 0.6) is 5.75 Å². The van der Waals surface area contributed by atoms with Gasteiger partial charge in [-0.05, 0) is 25.6 Å². The Morgan fingerprint density at radius 2 is 1.74 bits per heavy atom. The molecular formula is C13H24Cl2N2O2. The Morgan fingerprint density at radius 3 is 2.42 bits per heavy atom. The quantitative estimate of drug-likeness (QED) is 0.607. The minimum absolute atomic E-state index is 0. The molecule has 0 unspecified atom stereocenters. The summed E-state index contributed by atoms with van der Waals surface area (Å²) in [6.45, 7) is 3.58. The van der Waals surface area contributed by atoms with Gasteiger partial charge in [0.25, 0.3) is 0 Å². The second-order valence-electron chi connectivity index (χ2n) is 3.82. The SMILES string of the molecule is COc1ccccc1CNCCCNCCO.Cl.Cl. The lowest BCUT2D eigenvalue weighted by molar-refractivity contribution is 0.292. The summed E-state index contributed by atoms with van der Waals surface area (Å²) < 4.78 is 5.28. The smallest absolute Gasteiger partial charge is 0.123 e. The third-order valence-electron chi connectivity index (χ3n) is 2.50. The van der Waals surface area contributed by atoms with E-state index in [1.165, 1.54) is 5.56 Å². The van der Waals surface area contributed by atoms with E-state index in [4.69, 9.17) is 9.84 Å². The average Bonchev–Trinajstić information content (AvgIpc) is 2.38. The van der Waals surface area contributed by atoms with E-state index >= 15 is 0 Å². The molecule has 0 aliphatic carbocycles. The number of halogens is 2. The van der Waals surface area contributed by atoms with E-state index in [0.29, 0.717) is 6.54 Å². The fourth-order valence-electron chi connectivity index (χ4n) is 1.61. The molecule has 0 bridgehead atoms. The molecule has 0 heterocycles. The van der Waals surface area contributed by atoms with Crippen molar-refractivity contribution >= 4 is 24.8 Å². The first kappa shape index (κ1) is 20.8. The number of benzene rings is 1. The van der Waals surface area contributed by atoms with Gasteiger partial charge in [-0.25, -0.2) is 0 Å². The Hall–Kier alpha value is -0.520. The molecule has 0 saturated carbocycles. The molecule has 0 radical (unpaired) electrons. The van der Waals surface area contributed by atoms with Crippen LogP contribution in [0.2, 0.25) is 0 Å². The molecule has 4 nitrogen and oxygen atoms in total. The third-order valence-corrected chi connectivity index (χ3v) is 2.50. The second-order valence-corrected chi connectivity index (χ2v) is 3.82. The molecular weight excluding hydrogens is 287 g/mol. The maximum Gasteiger partial charge on any atom is 0.123 e. The maximum absolute atomic E-state index is 8.58. The number of hydrogen-bond acceptors (Lipinski definition) is 4. The zero-order chi connectivity index (χ0) is 12.3. The number of aliphatic hydroxyl groups excluding tert-OH is 1. The number of aliphatic hydroxyl groups is 1. The van der Waals surface area contributed by atoms with Gasteiger partial charge in [0.15, 0.2) is 0 Å². The molecule has 112 valence electrons. The molecule has 19 heavy (non-hydrogen) atoms. The molecule has 0 aliphatic rings. The first-order valence-corrected chi connectivity index (χ1v) is 6.02. The molecule has 0 spiro atoms. The molecule has 1 rings (SSSR count). The highest BCUT2D eigenvalue weighted by Crippen LogP contribution is 2.16. The summed E-state index contributed by atoms with van der Waals surface area (Å²) in [4.78, 5) is 0. The monoisotopic (exact) mass is 310 g/mol. The van der Waals surface area contributed by atoms with E-state index in [1.807, 2.05) is 18.2 Å². The van der Waals surface area contributed by atoms with Crippen molar-refractivity contribution in [3.05, 3.63) is 29.8 Å². The predicted octanol–water partition coefficient (Wildman–Crippen LogP) is 1.60. The van der Waals surface area contributed by atoms with Crippen LogP contribution in [-0.2, 0) is 6.54 Å². The van der Waals surface area contributed by atoms with Gasteiger partial charge in [0, 0.05) is 18.7 Å². The molecule has 0 aromatic heterocycles. The van der Waals surface area contributed by atoms with Crippen LogP contribution in [0.4, 0.5) is 0 Å². The topological polar surface area (TPSA) is 53.5 Å². The van der Waals surface area contributed by atoms with Crippen LogP contribution >= 0.6 is 24.8 Å². The Kier molecular flexibility index (Phi) is 15.2. The summed E-state index contributed by atoms with van der Waals surface area (Å²) in [6.07, 6.45) is 1.05. The maximum atomic E-state index is 8.58. The van der Waals surface area contributed by atoms with E-state index in [9.17, 15) is 0 Å². The van der Waals surface area contributed by atoms with E-state index in [1.54, 1.807) is 7.11 Å². The molecule has 0 aliphatic heterocycles. The van der Waals surface area contributed by atoms with Crippen molar-refractivity contribution in [2.45, 2.75) is 13.0 Å². The Bertz CT molecular complexity index is 314. The molecule has 0 atom stereocenters. The van der Waals surface area contributed by atoms with Gasteiger partial charge in [-0.3, -0.25) is 0 Å². The fraction of sp³-hybridized carbons (Fsp3) is 0.538.